The van der Waals surface area contributed by atoms with Crippen molar-refractivity contribution in [2.75, 3.05) is 30.8 Å². The molecule has 1 aromatic rings. The molecule has 2 unspecified atom stereocenters. The molecule has 1 aliphatic rings. The molecule has 0 amide bonds. The van der Waals surface area contributed by atoms with Crippen LogP contribution < -0.4 is 10.2 Å². The normalized spacial score (nSPS) is 22.8. The van der Waals surface area contributed by atoms with Crippen LogP contribution in [-0.4, -0.2) is 50.6 Å². The minimum Gasteiger partial charge on any atom is -0.363 e. The number of nitrogens with zero attached hydrogens (tertiary/aromatic N) is 2. The molecule has 6 heteroatoms. The van der Waals surface area contributed by atoms with Gasteiger partial charge in [0.05, 0.1) is 17.0 Å². The predicted octanol–water partition coefficient (Wildman–Crippen LogP) is 0.0931. The van der Waals surface area contributed by atoms with Gasteiger partial charge in [0.2, 0.25) is 0 Å². The van der Waals surface area contributed by atoms with Crippen LogP contribution in [0.3, 0.4) is 0 Å². The molecule has 0 aromatic carbocycles. The van der Waals surface area contributed by atoms with Crippen LogP contribution >= 0.6 is 0 Å². The first-order valence-electron chi connectivity index (χ1n) is 5.99. The number of hydrogen-bond donors (Lipinski definition) is 1. The smallest absolute Gasteiger partial charge is 0.152 e. The Morgan fingerprint density at radius 1 is 1.61 bits per heavy atom. The maximum atomic E-state index is 11.7. The maximum Gasteiger partial charge on any atom is 0.152 e. The second-order valence-electron chi connectivity index (χ2n) is 4.63. The largest absolute Gasteiger partial charge is 0.363 e. The zero-order valence-corrected chi connectivity index (χ0v) is 11.4. The molecule has 2 rings (SSSR count). The molecule has 0 spiro atoms. The molecule has 5 nitrogen and oxygen atoms in total. The molecule has 1 aliphatic heterocycles. The van der Waals surface area contributed by atoms with Gasteiger partial charge in [-0.05, 0) is 19.1 Å². The summed E-state index contributed by atoms with van der Waals surface area (Å²) >= 11 is 0. The van der Waals surface area contributed by atoms with Crippen LogP contribution in [0.5, 0.6) is 0 Å². The summed E-state index contributed by atoms with van der Waals surface area (Å²) in [5, 5.41) is 2.83. The van der Waals surface area contributed by atoms with Crippen LogP contribution in [0.4, 0.5) is 5.69 Å². The number of hydrogen-bond acceptors (Lipinski definition) is 5. The highest BCUT2D eigenvalue weighted by molar-refractivity contribution is 7.91. The highest BCUT2D eigenvalue weighted by Crippen LogP contribution is 2.20. The lowest BCUT2D eigenvalue weighted by atomic mass is 10.1. The Bertz CT molecular complexity index is 489. The van der Waals surface area contributed by atoms with Crippen LogP contribution in [-0.2, 0) is 9.84 Å². The van der Waals surface area contributed by atoms with Crippen molar-refractivity contribution in [3.8, 4) is 0 Å². The molecular weight excluding hydrogens is 250 g/mol. The summed E-state index contributed by atoms with van der Waals surface area (Å²) < 4.78 is 23.5. The van der Waals surface area contributed by atoms with Crippen molar-refractivity contribution in [3.63, 3.8) is 0 Å². The van der Waals surface area contributed by atoms with E-state index in [1.807, 2.05) is 12.1 Å². The third-order valence-electron chi connectivity index (χ3n) is 3.40. The van der Waals surface area contributed by atoms with Gasteiger partial charge in [-0.25, -0.2) is 8.42 Å². The van der Waals surface area contributed by atoms with Crippen molar-refractivity contribution in [3.05, 3.63) is 24.5 Å². The molecule has 2 heterocycles. The lowest BCUT2D eigenvalue weighted by Crippen LogP contribution is -2.57. The Morgan fingerprint density at radius 2 is 2.39 bits per heavy atom. The topological polar surface area (TPSA) is 62.3 Å². The average Bonchev–Trinajstić information content (AvgIpc) is 2.38. The van der Waals surface area contributed by atoms with Gasteiger partial charge in [0.15, 0.2) is 9.84 Å². The van der Waals surface area contributed by atoms with Gasteiger partial charge in [-0.1, -0.05) is 0 Å². The summed E-state index contributed by atoms with van der Waals surface area (Å²) in [4.78, 5) is 6.06. The van der Waals surface area contributed by atoms with E-state index in [0.717, 1.165) is 18.8 Å². The molecule has 0 saturated carbocycles. The fourth-order valence-electron chi connectivity index (χ4n) is 2.21. The van der Waals surface area contributed by atoms with E-state index in [2.05, 4.69) is 21.4 Å². The standard InChI is InChI=1S/C12H18N3O2S/c1-10(18(2,16)17)12-9-14-6-7-15(12)11-4-3-5-13-8-11/h3-5,10,12,14H,6-7,9H2,1-2H3. The summed E-state index contributed by atoms with van der Waals surface area (Å²) in [5.74, 6) is 0. The lowest BCUT2D eigenvalue weighted by molar-refractivity contribution is 0.459. The summed E-state index contributed by atoms with van der Waals surface area (Å²) in [6.45, 7) is 4.04. The molecule has 1 radical (unpaired) electrons. The van der Waals surface area contributed by atoms with Crippen molar-refractivity contribution in [1.82, 2.24) is 10.3 Å². The van der Waals surface area contributed by atoms with E-state index in [0.29, 0.717) is 6.54 Å². The van der Waals surface area contributed by atoms with Crippen molar-refractivity contribution >= 4 is 15.5 Å². The number of anilines is 1. The monoisotopic (exact) mass is 268 g/mol. The fourth-order valence-corrected chi connectivity index (χ4v) is 3.02. The van der Waals surface area contributed by atoms with Gasteiger partial charge >= 0.3 is 0 Å². The van der Waals surface area contributed by atoms with Crippen LogP contribution in [0.2, 0.25) is 0 Å². The summed E-state index contributed by atoms with van der Waals surface area (Å²) in [6, 6.07) is 3.69. The SMILES string of the molecule is CC(C1CNCCN1c1[c]nccc1)S(C)(=O)=O. The summed E-state index contributed by atoms with van der Waals surface area (Å²) in [5.41, 5.74) is 0.861. The van der Waals surface area contributed by atoms with E-state index in [1.54, 1.807) is 13.1 Å². The molecule has 1 fully saturated rings. The van der Waals surface area contributed by atoms with Crippen LogP contribution in [0.25, 0.3) is 0 Å². The van der Waals surface area contributed by atoms with Crippen molar-refractivity contribution in [2.24, 2.45) is 0 Å². The van der Waals surface area contributed by atoms with Gasteiger partial charge in [-0.15, -0.1) is 0 Å². The van der Waals surface area contributed by atoms with E-state index in [4.69, 9.17) is 0 Å². The highest BCUT2D eigenvalue weighted by atomic mass is 32.2. The third-order valence-corrected chi connectivity index (χ3v) is 5.07. The number of sulfone groups is 1. The van der Waals surface area contributed by atoms with Gasteiger partial charge in [0, 0.05) is 32.1 Å². The predicted molar refractivity (Wildman–Crippen MR) is 71.4 cm³/mol. The summed E-state index contributed by atoms with van der Waals surface area (Å²) in [7, 11) is -3.06. The first-order chi connectivity index (χ1) is 8.50. The number of piperazine rings is 1. The number of aromatic nitrogens is 1. The first-order valence-corrected chi connectivity index (χ1v) is 7.94. The lowest BCUT2D eigenvalue weighted by Gasteiger charge is -2.40. The van der Waals surface area contributed by atoms with Crippen molar-refractivity contribution in [2.45, 2.75) is 18.2 Å². The van der Waals surface area contributed by atoms with Gasteiger partial charge in [0.25, 0.3) is 0 Å². The van der Waals surface area contributed by atoms with E-state index in [9.17, 15) is 8.42 Å². The molecule has 1 aromatic heterocycles. The highest BCUT2D eigenvalue weighted by Gasteiger charge is 2.33. The quantitative estimate of drug-likeness (QED) is 0.842. The Labute approximate surface area is 108 Å². The van der Waals surface area contributed by atoms with Crippen molar-refractivity contribution < 1.29 is 8.42 Å². The third kappa shape index (κ3) is 2.81. The average molecular weight is 268 g/mol. The van der Waals surface area contributed by atoms with Crippen LogP contribution in [0, 0.1) is 6.20 Å². The van der Waals surface area contributed by atoms with Crippen molar-refractivity contribution in [1.29, 1.82) is 0 Å². The molecule has 0 aliphatic carbocycles. The Balaban J connectivity index is 2.27. The first kappa shape index (κ1) is 13.3. The molecule has 1 N–H and O–H groups in total. The molecule has 18 heavy (non-hydrogen) atoms. The minimum absolute atomic E-state index is 0.0748. The zero-order valence-electron chi connectivity index (χ0n) is 10.6. The molecule has 99 valence electrons. The Morgan fingerprint density at radius 3 is 3.00 bits per heavy atom. The molecule has 0 bridgehead atoms. The van der Waals surface area contributed by atoms with Gasteiger partial charge < -0.3 is 10.2 Å². The summed E-state index contributed by atoms with van der Waals surface area (Å²) in [6.07, 6.45) is 5.88. The molecule has 2 atom stereocenters. The van der Waals surface area contributed by atoms with Gasteiger partial charge in [0.1, 0.15) is 6.20 Å². The fraction of sp³-hybridized carbons (Fsp3) is 0.583. The molecular formula is C12H18N3O2S. The second kappa shape index (κ2) is 5.24. The van der Waals surface area contributed by atoms with Crippen LogP contribution in [0.1, 0.15) is 6.92 Å². The zero-order chi connectivity index (χ0) is 13.2. The second-order valence-corrected chi connectivity index (χ2v) is 7.04. The van der Waals surface area contributed by atoms with E-state index >= 15 is 0 Å². The Hall–Kier alpha value is -1.14. The Kier molecular flexibility index (Phi) is 3.87. The van der Waals surface area contributed by atoms with Gasteiger partial charge in [-0.2, -0.15) is 0 Å². The van der Waals surface area contributed by atoms with E-state index in [1.165, 1.54) is 6.26 Å². The van der Waals surface area contributed by atoms with Crippen LogP contribution in [0.15, 0.2) is 18.3 Å². The van der Waals surface area contributed by atoms with E-state index < -0.39 is 15.1 Å². The van der Waals surface area contributed by atoms with E-state index in [-0.39, 0.29) is 6.04 Å². The minimum atomic E-state index is -3.06. The maximum absolute atomic E-state index is 11.7. The number of pyridine rings is 1. The molecule has 1 saturated heterocycles. The van der Waals surface area contributed by atoms with Gasteiger partial charge in [-0.3, -0.25) is 4.98 Å². The number of nitrogens with one attached hydrogen (secondary N) is 1. The number of rotatable bonds is 3.